The molecule has 2 fully saturated rings. The standard InChI is InChI=1S/C12H22N2OS/c1-9(2)13-11-3-5-14(12(11)15)7-10-4-6-16-8-10/h9-11,13H,3-8H2,1-2H3. The second-order valence-electron chi connectivity index (χ2n) is 5.18. The van der Waals surface area contributed by atoms with Crippen molar-refractivity contribution in [1.29, 1.82) is 0 Å². The molecule has 2 aliphatic rings. The molecule has 0 saturated carbocycles. The number of nitrogens with zero attached hydrogens (tertiary/aromatic N) is 1. The first-order valence-corrected chi connectivity index (χ1v) is 7.45. The van der Waals surface area contributed by atoms with E-state index in [-0.39, 0.29) is 6.04 Å². The van der Waals surface area contributed by atoms with Gasteiger partial charge in [-0.15, -0.1) is 0 Å². The van der Waals surface area contributed by atoms with Crippen LogP contribution in [0.4, 0.5) is 0 Å². The molecule has 2 rings (SSSR count). The number of hydrogen-bond acceptors (Lipinski definition) is 3. The fourth-order valence-corrected chi connectivity index (χ4v) is 3.79. The fraction of sp³-hybridized carbons (Fsp3) is 0.917. The maximum Gasteiger partial charge on any atom is 0.239 e. The maximum atomic E-state index is 12.1. The van der Waals surface area contributed by atoms with Gasteiger partial charge in [-0.1, -0.05) is 13.8 Å². The summed E-state index contributed by atoms with van der Waals surface area (Å²) >= 11 is 2.02. The largest absolute Gasteiger partial charge is 0.341 e. The first-order valence-electron chi connectivity index (χ1n) is 6.29. The highest BCUT2D eigenvalue weighted by Gasteiger charge is 2.33. The van der Waals surface area contributed by atoms with E-state index >= 15 is 0 Å². The number of carbonyl (C=O) groups is 1. The third-order valence-corrected chi connectivity index (χ3v) is 4.57. The summed E-state index contributed by atoms with van der Waals surface area (Å²) in [6.07, 6.45) is 2.27. The Morgan fingerprint density at radius 3 is 2.94 bits per heavy atom. The van der Waals surface area contributed by atoms with Crippen molar-refractivity contribution in [2.45, 2.75) is 38.8 Å². The first kappa shape index (κ1) is 12.2. The van der Waals surface area contributed by atoms with Gasteiger partial charge in [0.2, 0.25) is 5.91 Å². The lowest BCUT2D eigenvalue weighted by Crippen LogP contribution is -2.42. The summed E-state index contributed by atoms with van der Waals surface area (Å²) in [5, 5.41) is 3.35. The molecule has 0 aromatic heterocycles. The number of likely N-dealkylation sites (tertiary alicyclic amines) is 1. The van der Waals surface area contributed by atoms with Gasteiger partial charge in [0, 0.05) is 19.1 Å². The molecular weight excluding hydrogens is 220 g/mol. The Morgan fingerprint density at radius 2 is 2.31 bits per heavy atom. The summed E-state index contributed by atoms with van der Waals surface area (Å²) in [5.41, 5.74) is 0. The van der Waals surface area contributed by atoms with Crippen molar-refractivity contribution in [2.24, 2.45) is 5.92 Å². The molecule has 2 aliphatic heterocycles. The zero-order chi connectivity index (χ0) is 11.5. The SMILES string of the molecule is CC(C)NC1CCN(CC2CCSC2)C1=O. The van der Waals surface area contributed by atoms with Gasteiger partial charge in [-0.05, 0) is 30.3 Å². The van der Waals surface area contributed by atoms with Crippen LogP contribution in [0.15, 0.2) is 0 Å². The van der Waals surface area contributed by atoms with Crippen LogP contribution in [0.5, 0.6) is 0 Å². The van der Waals surface area contributed by atoms with Crippen LogP contribution in [-0.4, -0.2) is 47.5 Å². The van der Waals surface area contributed by atoms with Crippen LogP contribution in [0.1, 0.15) is 26.7 Å². The third-order valence-electron chi connectivity index (χ3n) is 3.33. The number of thioether (sulfide) groups is 1. The molecule has 2 atom stereocenters. The predicted octanol–water partition coefficient (Wildman–Crippen LogP) is 1.34. The van der Waals surface area contributed by atoms with E-state index in [1.807, 2.05) is 11.8 Å². The monoisotopic (exact) mass is 242 g/mol. The summed E-state index contributed by atoms with van der Waals surface area (Å²) in [5.74, 6) is 3.59. The Hall–Kier alpha value is -0.220. The Bertz CT molecular complexity index is 251. The van der Waals surface area contributed by atoms with Gasteiger partial charge < -0.3 is 10.2 Å². The van der Waals surface area contributed by atoms with Crippen molar-refractivity contribution >= 4 is 17.7 Å². The van der Waals surface area contributed by atoms with Crippen molar-refractivity contribution in [3.05, 3.63) is 0 Å². The van der Waals surface area contributed by atoms with E-state index in [9.17, 15) is 4.79 Å². The molecule has 3 nitrogen and oxygen atoms in total. The number of amides is 1. The number of rotatable bonds is 4. The van der Waals surface area contributed by atoms with Crippen LogP contribution in [0.3, 0.4) is 0 Å². The smallest absolute Gasteiger partial charge is 0.239 e. The maximum absolute atomic E-state index is 12.1. The highest BCUT2D eigenvalue weighted by atomic mass is 32.2. The molecule has 0 radical (unpaired) electrons. The van der Waals surface area contributed by atoms with E-state index < -0.39 is 0 Å². The lowest BCUT2D eigenvalue weighted by atomic mass is 10.1. The van der Waals surface area contributed by atoms with Gasteiger partial charge in [0.1, 0.15) is 0 Å². The normalized spacial score (nSPS) is 30.7. The minimum Gasteiger partial charge on any atom is -0.341 e. The summed E-state index contributed by atoms with van der Waals surface area (Å²) in [7, 11) is 0. The fourth-order valence-electron chi connectivity index (χ4n) is 2.52. The second-order valence-corrected chi connectivity index (χ2v) is 6.33. The third kappa shape index (κ3) is 2.92. The van der Waals surface area contributed by atoms with E-state index in [0.29, 0.717) is 11.9 Å². The molecule has 0 spiro atoms. The van der Waals surface area contributed by atoms with Crippen LogP contribution < -0.4 is 5.32 Å². The van der Waals surface area contributed by atoms with E-state index in [2.05, 4.69) is 24.1 Å². The number of carbonyl (C=O) groups excluding carboxylic acids is 1. The lowest BCUT2D eigenvalue weighted by molar-refractivity contribution is -0.130. The Morgan fingerprint density at radius 1 is 1.50 bits per heavy atom. The van der Waals surface area contributed by atoms with Crippen LogP contribution in [0.25, 0.3) is 0 Å². The van der Waals surface area contributed by atoms with Gasteiger partial charge >= 0.3 is 0 Å². The van der Waals surface area contributed by atoms with Crippen molar-refractivity contribution in [3.8, 4) is 0 Å². The minimum absolute atomic E-state index is 0.0778. The first-order chi connectivity index (χ1) is 7.66. The topological polar surface area (TPSA) is 32.3 Å². The zero-order valence-electron chi connectivity index (χ0n) is 10.2. The van der Waals surface area contributed by atoms with Crippen LogP contribution in [0, 0.1) is 5.92 Å². The summed E-state index contributed by atoms with van der Waals surface area (Å²) < 4.78 is 0. The minimum atomic E-state index is 0.0778. The van der Waals surface area contributed by atoms with Crippen molar-refractivity contribution in [1.82, 2.24) is 10.2 Å². The molecule has 2 saturated heterocycles. The van der Waals surface area contributed by atoms with Crippen LogP contribution >= 0.6 is 11.8 Å². The van der Waals surface area contributed by atoms with E-state index in [1.165, 1.54) is 17.9 Å². The highest BCUT2D eigenvalue weighted by molar-refractivity contribution is 7.99. The van der Waals surface area contributed by atoms with Gasteiger partial charge in [-0.2, -0.15) is 11.8 Å². The van der Waals surface area contributed by atoms with Gasteiger partial charge in [-0.25, -0.2) is 0 Å². The van der Waals surface area contributed by atoms with Crippen molar-refractivity contribution in [3.63, 3.8) is 0 Å². The summed E-state index contributed by atoms with van der Waals surface area (Å²) in [6, 6.07) is 0.477. The van der Waals surface area contributed by atoms with Gasteiger partial charge in [-0.3, -0.25) is 4.79 Å². The molecule has 2 unspecified atom stereocenters. The predicted molar refractivity (Wildman–Crippen MR) is 68.7 cm³/mol. The molecule has 92 valence electrons. The zero-order valence-corrected chi connectivity index (χ0v) is 11.1. The molecule has 0 aromatic carbocycles. The Labute approximate surface area is 102 Å². The molecule has 2 heterocycles. The Kier molecular flexibility index (Phi) is 4.14. The average molecular weight is 242 g/mol. The number of hydrogen-bond donors (Lipinski definition) is 1. The van der Waals surface area contributed by atoms with Crippen molar-refractivity contribution < 1.29 is 4.79 Å². The summed E-state index contributed by atoms with van der Waals surface area (Å²) in [6.45, 7) is 6.14. The second kappa shape index (κ2) is 5.41. The molecule has 1 amide bonds. The summed E-state index contributed by atoms with van der Waals surface area (Å²) in [4.78, 5) is 14.2. The number of nitrogens with one attached hydrogen (secondary N) is 1. The van der Waals surface area contributed by atoms with E-state index in [0.717, 1.165) is 25.4 Å². The molecule has 0 aliphatic carbocycles. The van der Waals surface area contributed by atoms with Gasteiger partial charge in [0.25, 0.3) is 0 Å². The Balaban J connectivity index is 1.81. The highest BCUT2D eigenvalue weighted by Crippen LogP contribution is 2.25. The van der Waals surface area contributed by atoms with Crippen LogP contribution in [-0.2, 0) is 4.79 Å². The molecule has 4 heteroatoms. The quantitative estimate of drug-likeness (QED) is 0.807. The molecule has 0 aromatic rings. The van der Waals surface area contributed by atoms with Crippen LogP contribution in [0.2, 0.25) is 0 Å². The molecule has 0 bridgehead atoms. The van der Waals surface area contributed by atoms with Crippen molar-refractivity contribution in [2.75, 3.05) is 24.6 Å². The molecule has 1 N–H and O–H groups in total. The average Bonchev–Trinajstić information content (AvgIpc) is 2.82. The van der Waals surface area contributed by atoms with E-state index in [4.69, 9.17) is 0 Å². The molecule has 16 heavy (non-hydrogen) atoms. The lowest BCUT2D eigenvalue weighted by Gasteiger charge is -2.21. The van der Waals surface area contributed by atoms with Gasteiger partial charge in [0.15, 0.2) is 0 Å². The van der Waals surface area contributed by atoms with Gasteiger partial charge in [0.05, 0.1) is 6.04 Å². The van der Waals surface area contributed by atoms with E-state index in [1.54, 1.807) is 0 Å². The molecular formula is C12H22N2OS.